The Morgan fingerprint density at radius 2 is 1.84 bits per heavy atom. The summed E-state index contributed by atoms with van der Waals surface area (Å²) < 4.78 is 0. The molecule has 2 heterocycles. The number of hydrogen-bond acceptors (Lipinski definition) is 5. The van der Waals surface area contributed by atoms with Crippen molar-refractivity contribution in [1.29, 1.82) is 0 Å². The first-order chi connectivity index (χ1) is 11.9. The highest BCUT2D eigenvalue weighted by atomic mass is 35.5. The van der Waals surface area contributed by atoms with Gasteiger partial charge in [-0.2, -0.15) is 0 Å². The molecule has 0 atom stereocenters. The quantitative estimate of drug-likeness (QED) is 0.883. The van der Waals surface area contributed by atoms with E-state index >= 15 is 0 Å². The first kappa shape index (κ1) is 17.8. The highest BCUT2D eigenvalue weighted by molar-refractivity contribution is 6.35. The van der Waals surface area contributed by atoms with Crippen molar-refractivity contribution in [2.75, 3.05) is 36.4 Å². The van der Waals surface area contributed by atoms with Crippen LogP contribution in [0.25, 0.3) is 0 Å². The molecule has 8 heteroatoms. The summed E-state index contributed by atoms with van der Waals surface area (Å²) in [5.74, 6) is 2.25. The number of aryl methyl sites for hydroxylation is 1. The summed E-state index contributed by atoms with van der Waals surface area (Å²) in [6.45, 7) is 6.32. The number of carbonyl (C=O) groups excluding carboxylic acids is 1. The maximum atomic E-state index is 11.5. The average Bonchev–Trinajstić information content (AvgIpc) is 2.58. The van der Waals surface area contributed by atoms with Crippen LogP contribution in [0.1, 0.15) is 12.7 Å². The Kier molecular flexibility index (Phi) is 5.30. The van der Waals surface area contributed by atoms with Gasteiger partial charge < -0.3 is 15.1 Å². The number of anilines is 3. The molecule has 1 aliphatic heterocycles. The minimum absolute atomic E-state index is 0.108. The van der Waals surface area contributed by atoms with Crippen LogP contribution in [0.3, 0.4) is 0 Å². The van der Waals surface area contributed by atoms with E-state index in [1.807, 2.05) is 17.9 Å². The predicted octanol–water partition coefficient (Wildman–Crippen LogP) is 3.50. The molecule has 3 rings (SSSR count). The van der Waals surface area contributed by atoms with Gasteiger partial charge in [0, 0.05) is 44.2 Å². The molecule has 1 amide bonds. The van der Waals surface area contributed by atoms with Crippen LogP contribution >= 0.6 is 23.2 Å². The fraction of sp³-hybridized carbons (Fsp3) is 0.353. The summed E-state index contributed by atoms with van der Waals surface area (Å²) in [5.41, 5.74) is 0.694. The monoisotopic (exact) mass is 379 g/mol. The number of hydrogen-bond donors (Lipinski definition) is 1. The number of benzene rings is 1. The lowest BCUT2D eigenvalue weighted by atomic mass is 10.3. The van der Waals surface area contributed by atoms with E-state index in [0.29, 0.717) is 40.5 Å². The Bertz CT molecular complexity index is 791. The van der Waals surface area contributed by atoms with Gasteiger partial charge in [0.1, 0.15) is 17.5 Å². The smallest absolute Gasteiger partial charge is 0.219 e. The van der Waals surface area contributed by atoms with Crippen molar-refractivity contribution in [2.45, 2.75) is 13.8 Å². The lowest BCUT2D eigenvalue weighted by molar-refractivity contribution is -0.129. The minimum Gasteiger partial charge on any atom is -0.353 e. The van der Waals surface area contributed by atoms with Crippen LogP contribution in [-0.4, -0.2) is 47.0 Å². The molecule has 0 spiro atoms. The Balaban J connectivity index is 1.79. The van der Waals surface area contributed by atoms with E-state index in [4.69, 9.17) is 23.2 Å². The Hall–Kier alpha value is -2.05. The van der Waals surface area contributed by atoms with Gasteiger partial charge in [0.25, 0.3) is 0 Å². The van der Waals surface area contributed by atoms with Gasteiger partial charge in [0.15, 0.2) is 0 Å². The number of amides is 1. The van der Waals surface area contributed by atoms with Crippen molar-refractivity contribution in [2.24, 2.45) is 0 Å². The summed E-state index contributed by atoms with van der Waals surface area (Å²) in [4.78, 5) is 24.4. The zero-order valence-corrected chi connectivity index (χ0v) is 15.6. The standard InChI is InChI=1S/C17H19Cl2N5O/c1-11-20-16(22-15-9-13(18)3-4-14(15)19)10-17(21-11)24-7-5-23(6-8-24)12(2)25/h3-4,9-10H,5-8H2,1-2H3,(H,20,21,22). The van der Waals surface area contributed by atoms with Gasteiger partial charge in [-0.15, -0.1) is 0 Å². The molecule has 1 aromatic heterocycles. The second-order valence-corrected chi connectivity index (χ2v) is 6.74. The fourth-order valence-electron chi connectivity index (χ4n) is 2.76. The summed E-state index contributed by atoms with van der Waals surface area (Å²) in [6, 6.07) is 7.11. The van der Waals surface area contributed by atoms with E-state index in [1.54, 1.807) is 25.1 Å². The highest BCUT2D eigenvalue weighted by Gasteiger charge is 2.20. The van der Waals surface area contributed by atoms with Gasteiger partial charge in [0.05, 0.1) is 10.7 Å². The van der Waals surface area contributed by atoms with Crippen molar-refractivity contribution >= 4 is 46.4 Å². The molecule has 1 aliphatic rings. The van der Waals surface area contributed by atoms with Crippen molar-refractivity contribution in [3.63, 3.8) is 0 Å². The van der Waals surface area contributed by atoms with E-state index < -0.39 is 0 Å². The van der Waals surface area contributed by atoms with Crippen LogP contribution in [-0.2, 0) is 4.79 Å². The Morgan fingerprint density at radius 1 is 1.12 bits per heavy atom. The second-order valence-electron chi connectivity index (χ2n) is 5.90. The van der Waals surface area contributed by atoms with Crippen LogP contribution < -0.4 is 10.2 Å². The SMILES string of the molecule is CC(=O)N1CCN(c2cc(Nc3cc(Cl)ccc3Cl)nc(C)n2)CC1. The third-order valence-electron chi connectivity index (χ3n) is 4.06. The largest absolute Gasteiger partial charge is 0.353 e. The molecule has 6 nitrogen and oxygen atoms in total. The third kappa shape index (κ3) is 4.32. The fourth-order valence-corrected chi connectivity index (χ4v) is 3.10. The first-order valence-corrected chi connectivity index (χ1v) is 8.76. The number of piperazine rings is 1. The zero-order valence-electron chi connectivity index (χ0n) is 14.1. The average molecular weight is 380 g/mol. The maximum Gasteiger partial charge on any atom is 0.219 e. The maximum absolute atomic E-state index is 11.5. The van der Waals surface area contributed by atoms with Crippen LogP contribution in [0.4, 0.5) is 17.3 Å². The summed E-state index contributed by atoms with van der Waals surface area (Å²) >= 11 is 12.2. The Labute approximate surface area is 156 Å². The topological polar surface area (TPSA) is 61.4 Å². The lowest BCUT2D eigenvalue weighted by Gasteiger charge is -2.35. The van der Waals surface area contributed by atoms with Crippen molar-refractivity contribution < 1.29 is 4.79 Å². The molecule has 1 aromatic carbocycles. The molecule has 2 aromatic rings. The van der Waals surface area contributed by atoms with Gasteiger partial charge in [-0.25, -0.2) is 9.97 Å². The molecule has 0 aliphatic carbocycles. The molecule has 0 saturated carbocycles. The second kappa shape index (κ2) is 7.45. The summed E-state index contributed by atoms with van der Waals surface area (Å²) in [6.07, 6.45) is 0. The van der Waals surface area contributed by atoms with Crippen LogP contribution in [0.2, 0.25) is 10.0 Å². The lowest BCUT2D eigenvalue weighted by Crippen LogP contribution is -2.48. The first-order valence-electron chi connectivity index (χ1n) is 8.00. The van der Waals surface area contributed by atoms with Gasteiger partial charge in [0.2, 0.25) is 5.91 Å². The zero-order chi connectivity index (χ0) is 18.0. The Morgan fingerprint density at radius 3 is 2.52 bits per heavy atom. The number of nitrogens with zero attached hydrogens (tertiary/aromatic N) is 4. The predicted molar refractivity (Wildman–Crippen MR) is 101 cm³/mol. The third-order valence-corrected chi connectivity index (χ3v) is 4.63. The highest BCUT2D eigenvalue weighted by Crippen LogP contribution is 2.29. The molecule has 1 N–H and O–H groups in total. The van der Waals surface area contributed by atoms with E-state index in [2.05, 4.69) is 20.2 Å². The molecule has 132 valence electrons. The molecule has 0 bridgehead atoms. The molecule has 25 heavy (non-hydrogen) atoms. The number of nitrogens with one attached hydrogen (secondary N) is 1. The van der Waals surface area contributed by atoms with Crippen molar-refractivity contribution in [1.82, 2.24) is 14.9 Å². The minimum atomic E-state index is 0.108. The van der Waals surface area contributed by atoms with Gasteiger partial charge in [-0.3, -0.25) is 4.79 Å². The molecular formula is C17H19Cl2N5O. The van der Waals surface area contributed by atoms with E-state index in [9.17, 15) is 4.79 Å². The van der Waals surface area contributed by atoms with Crippen LogP contribution in [0.5, 0.6) is 0 Å². The van der Waals surface area contributed by atoms with Crippen LogP contribution in [0.15, 0.2) is 24.3 Å². The molecule has 1 saturated heterocycles. The van der Waals surface area contributed by atoms with Crippen molar-refractivity contribution in [3.05, 3.63) is 40.1 Å². The van der Waals surface area contributed by atoms with Gasteiger partial charge in [-0.1, -0.05) is 23.2 Å². The summed E-state index contributed by atoms with van der Waals surface area (Å²) in [5, 5.41) is 4.36. The van der Waals surface area contributed by atoms with E-state index in [-0.39, 0.29) is 5.91 Å². The number of rotatable bonds is 3. The molecule has 0 unspecified atom stereocenters. The molecular weight excluding hydrogens is 361 g/mol. The van der Waals surface area contributed by atoms with Gasteiger partial charge in [-0.05, 0) is 25.1 Å². The number of carbonyl (C=O) groups is 1. The van der Waals surface area contributed by atoms with Gasteiger partial charge >= 0.3 is 0 Å². The molecule has 1 fully saturated rings. The van der Waals surface area contributed by atoms with E-state index in [1.165, 1.54) is 0 Å². The van der Waals surface area contributed by atoms with Crippen molar-refractivity contribution in [3.8, 4) is 0 Å². The normalized spacial score (nSPS) is 14.6. The summed E-state index contributed by atoms with van der Waals surface area (Å²) in [7, 11) is 0. The molecule has 0 radical (unpaired) electrons. The van der Waals surface area contributed by atoms with Crippen LogP contribution in [0, 0.1) is 6.92 Å². The number of aromatic nitrogens is 2. The number of halogens is 2. The van der Waals surface area contributed by atoms with E-state index in [0.717, 1.165) is 18.9 Å².